The van der Waals surface area contributed by atoms with Crippen molar-refractivity contribution >= 4 is 21.6 Å². The predicted octanol–water partition coefficient (Wildman–Crippen LogP) is 5.34. The molecule has 3 rings (SSSR count). The van der Waals surface area contributed by atoms with Crippen molar-refractivity contribution in [3.05, 3.63) is 89.0 Å². The molecular formula is C29H36N2O4S. The Bertz CT molecular complexity index is 1270. The van der Waals surface area contributed by atoms with Crippen LogP contribution in [-0.4, -0.2) is 34.0 Å². The van der Waals surface area contributed by atoms with Crippen LogP contribution in [0.3, 0.4) is 0 Å². The molecule has 0 radical (unpaired) electrons. The van der Waals surface area contributed by atoms with Crippen LogP contribution in [0.15, 0.2) is 71.6 Å². The third-order valence-corrected chi connectivity index (χ3v) is 7.68. The maximum atomic E-state index is 13.6. The fourth-order valence-corrected chi connectivity index (χ4v) is 5.36. The van der Waals surface area contributed by atoms with Crippen molar-refractivity contribution in [3.8, 4) is 5.75 Å². The van der Waals surface area contributed by atoms with Crippen LogP contribution in [0.1, 0.15) is 42.0 Å². The zero-order chi connectivity index (χ0) is 26.1. The quantitative estimate of drug-likeness (QED) is 0.335. The molecule has 3 aromatic carbocycles. The SMILES string of the molecule is CCCOc1ccccc1CCCNC(=O)CN(c1cc(C)ccc1C)S(=O)(=O)c1ccc(C)cc1. The second-order valence-corrected chi connectivity index (χ2v) is 10.9. The molecular weight excluding hydrogens is 472 g/mol. The lowest BCUT2D eigenvalue weighted by molar-refractivity contribution is -0.119. The minimum atomic E-state index is -3.94. The fraction of sp³-hybridized carbons (Fsp3) is 0.345. The summed E-state index contributed by atoms with van der Waals surface area (Å²) in [4.78, 5) is 13.1. The Hall–Kier alpha value is -3.32. The Morgan fingerprint density at radius 1 is 0.944 bits per heavy atom. The van der Waals surface area contributed by atoms with E-state index in [1.54, 1.807) is 24.3 Å². The van der Waals surface area contributed by atoms with Gasteiger partial charge in [0.15, 0.2) is 0 Å². The van der Waals surface area contributed by atoms with Crippen LogP contribution in [-0.2, 0) is 21.2 Å². The zero-order valence-corrected chi connectivity index (χ0v) is 22.4. The van der Waals surface area contributed by atoms with Crippen molar-refractivity contribution in [1.29, 1.82) is 0 Å². The number of rotatable bonds is 12. The van der Waals surface area contributed by atoms with Crippen LogP contribution in [0.25, 0.3) is 0 Å². The second kappa shape index (κ2) is 12.6. The molecule has 0 aliphatic carbocycles. The number of nitrogens with one attached hydrogen (secondary N) is 1. The lowest BCUT2D eigenvalue weighted by Gasteiger charge is -2.26. The second-order valence-electron chi connectivity index (χ2n) is 9.02. The van der Waals surface area contributed by atoms with Crippen LogP contribution < -0.4 is 14.4 Å². The molecule has 3 aromatic rings. The number of anilines is 1. The van der Waals surface area contributed by atoms with Gasteiger partial charge in [0.2, 0.25) is 5.91 Å². The topological polar surface area (TPSA) is 75.7 Å². The maximum Gasteiger partial charge on any atom is 0.264 e. The summed E-state index contributed by atoms with van der Waals surface area (Å²) >= 11 is 0. The molecule has 0 heterocycles. The number of carbonyl (C=O) groups excluding carboxylic acids is 1. The normalized spacial score (nSPS) is 11.2. The molecule has 0 fully saturated rings. The molecule has 0 unspecified atom stereocenters. The van der Waals surface area contributed by atoms with Gasteiger partial charge in [-0.05, 0) is 81.0 Å². The number of para-hydroxylation sites is 1. The summed E-state index contributed by atoms with van der Waals surface area (Å²) in [5.74, 6) is 0.526. The van der Waals surface area contributed by atoms with Crippen molar-refractivity contribution in [1.82, 2.24) is 5.32 Å². The molecule has 6 nitrogen and oxygen atoms in total. The van der Waals surface area contributed by atoms with Gasteiger partial charge in [0.25, 0.3) is 10.0 Å². The average molecular weight is 509 g/mol. The van der Waals surface area contributed by atoms with Gasteiger partial charge in [-0.1, -0.05) is 55.0 Å². The molecule has 0 saturated heterocycles. The van der Waals surface area contributed by atoms with Crippen LogP contribution in [0.4, 0.5) is 5.69 Å². The van der Waals surface area contributed by atoms with E-state index in [-0.39, 0.29) is 17.3 Å². The third kappa shape index (κ3) is 7.10. The van der Waals surface area contributed by atoms with E-state index in [1.807, 2.05) is 63.2 Å². The Labute approximate surface area is 215 Å². The first kappa shape index (κ1) is 27.3. The number of sulfonamides is 1. The Balaban J connectivity index is 1.71. The van der Waals surface area contributed by atoms with E-state index < -0.39 is 10.0 Å². The Kier molecular flexibility index (Phi) is 9.53. The van der Waals surface area contributed by atoms with Crippen LogP contribution in [0, 0.1) is 20.8 Å². The molecule has 0 saturated carbocycles. The number of ether oxygens (including phenoxy) is 1. The summed E-state index contributed by atoms with van der Waals surface area (Å²) in [6.45, 7) is 8.53. The van der Waals surface area contributed by atoms with E-state index in [2.05, 4.69) is 12.2 Å². The summed E-state index contributed by atoms with van der Waals surface area (Å²) in [5, 5.41) is 2.90. The van der Waals surface area contributed by atoms with Crippen LogP contribution >= 0.6 is 0 Å². The van der Waals surface area contributed by atoms with Crippen molar-refractivity contribution in [2.75, 3.05) is 24.0 Å². The Morgan fingerprint density at radius 2 is 1.64 bits per heavy atom. The highest BCUT2D eigenvalue weighted by Gasteiger charge is 2.28. The highest BCUT2D eigenvalue weighted by atomic mass is 32.2. The van der Waals surface area contributed by atoms with E-state index in [0.717, 1.165) is 40.8 Å². The number of aryl methyl sites for hydroxylation is 4. The molecule has 7 heteroatoms. The lowest BCUT2D eigenvalue weighted by atomic mass is 10.1. The maximum absolute atomic E-state index is 13.6. The van der Waals surface area contributed by atoms with Gasteiger partial charge >= 0.3 is 0 Å². The Morgan fingerprint density at radius 3 is 2.36 bits per heavy atom. The molecule has 1 N–H and O–H groups in total. The largest absolute Gasteiger partial charge is 0.493 e. The van der Waals surface area contributed by atoms with Gasteiger partial charge in [-0.3, -0.25) is 9.10 Å². The van der Waals surface area contributed by atoms with E-state index in [0.29, 0.717) is 25.3 Å². The summed E-state index contributed by atoms with van der Waals surface area (Å²) in [5.41, 5.74) is 4.27. The van der Waals surface area contributed by atoms with E-state index in [1.165, 1.54) is 4.31 Å². The number of hydrogen-bond acceptors (Lipinski definition) is 4. The molecule has 0 aromatic heterocycles. The first-order chi connectivity index (χ1) is 17.2. The molecule has 192 valence electrons. The smallest absolute Gasteiger partial charge is 0.264 e. The standard InChI is InChI=1S/C29H36N2O4S/c1-5-19-35-28-11-7-6-9-25(28)10-8-18-30-29(32)21-31(27-20-23(3)12-15-24(27)4)36(33,34)26-16-13-22(2)14-17-26/h6-7,9,11-17,20H,5,8,10,18-19,21H2,1-4H3,(H,30,32). The summed E-state index contributed by atoms with van der Waals surface area (Å²) in [6, 6.07) is 20.2. The monoisotopic (exact) mass is 508 g/mol. The van der Waals surface area contributed by atoms with Gasteiger partial charge in [0.1, 0.15) is 12.3 Å². The van der Waals surface area contributed by atoms with Gasteiger partial charge in [-0.15, -0.1) is 0 Å². The van der Waals surface area contributed by atoms with E-state index >= 15 is 0 Å². The van der Waals surface area contributed by atoms with Gasteiger partial charge in [-0.25, -0.2) is 8.42 Å². The minimum absolute atomic E-state index is 0.158. The molecule has 0 aliphatic heterocycles. The van der Waals surface area contributed by atoms with E-state index in [4.69, 9.17) is 4.74 Å². The molecule has 0 spiro atoms. The first-order valence-corrected chi connectivity index (χ1v) is 13.8. The molecule has 0 atom stereocenters. The fourth-order valence-electron chi connectivity index (χ4n) is 3.88. The van der Waals surface area contributed by atoms with Gasteiger partial charge in [-0.2, -0.15) is 0 Å². The number of hydrogen-bond donors (Lipinski definition) is 1. The highest BCUT2D eigenvalue weighted by Crippen LogP contribution is 2.28. The highest BCUT2D eigenvalue weighted by molar-refractivity contribution is 7.92. The number of benzene rings is 3. The summed E-state index contributed by atoms with van der Waals surface area (Å²) in [7, 11) is -3.94. The summed E-state index contributed by atoms with van der Waals surface area (Å²) in [6.07, 6.45) is 2.40. The number of carbonyl (C=O) groups is 1. The molecule has 0 aliphatic rings. The van der Waals surface area contributed by atoms with Crippen molar-refractivity contribution in [2.45, 2.75) is 51.9 Å². The van der Waals surface area contributed by atoms with Gasteiger partial charge in [0.05, 0.1) is 17.2 Å². The van der Waals surface area contributed by atoms with Crippen LogP contribution in [0.5, 0.6) is 5.75 Å². The van der Waals surface area contributed by atoms with Crippen molar-refractivity contribution < 1.29 is 17.9 Å². The average Bonchev–Trinajstić information content (AvgIpc) is 2.86. The van der Waals surface area contributed by atoms with Crippen molar-refractivity contribution in [2.24, 2.45) is 0 Å². The third-order valence-electron chi connectivity index (χ3n) is 5.91. The van der Waals surface area contributed by atoms with Gasteiger partial charge < -0.3 is 10.1 Å². The predicted molar refractivity (Wildman–Crippen MR) is 145 cm³/mol. The molecule has 1 amide bonds. The molecule has 0 bridgehead atoms. The molecule has 36 heavy (non-hydrogen) atoms. The number of amides is 1. The minimum Gasteiger partial charge on any atom is -0.493 e. The van der Waals surface area contributed by atoms with E-state index in [9.17, 15) is 13.2 Å². The first-order valence-electron chi connectivity index (χ1n) is 12.4. The number of nitrogens with zero attached hydrogens (tertiary/aromatic N) is 1. The summed E-state index contributed by atoms with van der Waals surface area (Å²) < 4.78 is 34.3. The zero-order valence-electron chi connectivity index (χ0n) is 21.6. The van der Waals surface area contributed by atoms with Crippen LogP contribution in [0.2, 0.25) is 0 Å². The van der Waals surface area contributed by atoms with Crippen molar-refractivity contribution in [3.63, 3.8) is 0 Å². The van der Waals surface area contributed by atoms with Gasteiger partial charge in [0, 0.05) is 6.54 Å². The lowest BCUT2D eigenvalue weighted by Crippen LogP contribution is -2.41.